The molecule has 21 heavy (non-hydrogen) atoms. The molecule has 0 spiro atoms. The summed E-state index contributed by atoms with van der Waals surface area (Å²) in [5.41, 5.74) is 0. The third-order valence-corrected chi connectivity index (χ3v) is 4.51. The Labute approximate surface area is 126 Å². The zero-order valence-corrected chi connectivity index (χ0v) is 13.1. The summed E-state index contributed by atoms with van der Waals surface area (Å²) in [5, 5.41) is 9.44. The second-order valence-corrected chi connectivity index (χ2v) is 6.29. The number of piperidine rings is 1. The number of rotatable bonds is 2. The Kier molecular flexibility index (Phi) is 5.08. The van der Waals surface area contributed by atoms with Crippen LogP contribution in [0.1, 0.15) is 40.0 Å². The molecular formula is C15H26N2O4. The lowest BCUT2D eigenvalue weighted by Crippen LogP contribution is -2.58. The summed E-state index contributed by atoms with van der Waals surface area (Å²) < 4.78 is 5.63. The molecule has 2 heterocycles. The van der Waals surface area contributed by atoms with E-state index in [0.717, 1.165) is 12.8 Å². The molecule has 2 aliphatic rings. The van der Waals surface area contributed by atoms with Gasteiger partial charge in [0.1, 0.15) is 6.04 Å². The summed E-state index contributed by atoms with van der Waals surface area (Å²) in [4.78, 5) is 27.5. The molecule has 0 saturated carbocycles. The highest BCUT2D eigenvalue weighted by Gasteiger charge is 2.38. The normalized spacial score (nSPS) is 33.9. The molecule has 1 N–H and O–H groups in total. The van der Waals surface area contributed by atoms with Crippen molar-refractivity contribution in [2.24, 2.45) is 5.92 Å². The van der Waals surface area contributed by atoms with Crippen LogP contribution in [0.5, 0.6) is 0 Å². The molecule has 6 heteroatoms. The number of aliphatic carboxylic acids is 1. The fourth-order valence-electron chi connectivity index (χ4n) is 3.39. The number of urea groups is 1. The number of ether oxygens (including phenoxy) is 1. The van der Waals surface area contributed by atoms with Gasteiger partial charge in [-0.1, -0.05) is 13.3 Å². The minimum Gasteiger partial charge on any atom is -0.480 e. The smallest absolute Gasteiger partial charge is 0.326 e. The van der Waals surface area contributed by atoms with Crippen LogP contribution in [0.25, 0.3) is 0 Å². The molecule has 120 valence electrons. The Hall–Kier alpha value is -1.30. The third kappa shape index (κ3) is 3.67. The molecule has 4 unspecified atom stereocenters. The van der Waals surface area contributed by atoms with Crippen LogP contribution >= 0.6 is 0 Å². The molecule has 2 amide bonds. The van der Waals surface area contributed by atoms with Crippen molar-refractivity contribution in [3.05, 3.63) is 0 Å². The first kappa shape index (κ1) is 16.1. The number of nitrogens with zero attached hydrogens (tertiary/aromatic N) is 2. The van der Waals surface area contributed by atoms with Crippen molar-refractivity contribution < 1.29 is 19.4 Å². The number of carboxylic acids is 1. The van der Waals surface area contributed by atoms with Gasteiger partial charge in [-0.3, -0.25) is 0 Å². The fourth-order valence-corrected chi connectivity index (χ4v) is 3.39. The lowest BCUT2D eigenvalue weighted by atomic mass is 9.89. The quantitative estimate of drug-likeness (QED) is 0.844. The number of hydrogen-bond acceptors (Lipinski definition) is 3. The monoisotopic (exact) mass is 298 g/mol. The summed E-state index contributed by atoms with van der Waals surface area (Å²) in [7, 11) is 0. The number of amides is 2. The topological polar surface area (TPSA) is 70.1 Å². The van der Waals surface area contributed by atoms with Gasteiger partial charge in [-0.2, -0.15) is 0 Å². The fraction of sp³-hybridized carbons (Fsp3) is 0.867. The summed E-state index contributed by atoms with van der Waals surface area (Å²) in [6.07, 6.45) is 2.41. The first-order chi connectivity index (χ1) is 9.92. The van der Waals surface area contributed by atoms with Crippen LogP contribution < -0.4 is 0 Å². The Balaban J connectivity index is 2.07. The van der Waals surface area contributed by atoms with Crippen LogP contribution in [0.3, 0.4) is 0 Å². The zero-order valence-electron chi connectivity index (χ0n) is 13.1. The van der Waals surface area contributed by atoms with Gasteiger partial charge in [0, 0.05) is 19.6 Å². The van der Waals surface area contributed by atoms with E-state index in [1.807, 2.05) is 13.8 Å². The zero-order chi connectivity index (χ0) is 15.6. The van der Waals surface area contributed by atoms with Crippen LogP contribution in [0.4, 0.5) is 4.79 Å². The SMILES string of the molecule is CCC1CCN(C(=O)N2CC(C)OC(C)C2)C(C(=O)O)C1. The Bertz CT molecular complexity index is 391. The second kappa shape index (κ2) is 6.64. The highest BCUT2D eigenvalue weighted by Crippen LogP contribution is 2.27. The molecule has 0 aromatic rings. The van der Waals surface area contributed by atoms with Crippen molar-refractivity contribution in [3.63, 3.8) is 0 Å². The summed E-state index contributed by atoms with van der Waals surface area (Å²) in [6.45, 7) is 7.55. The van der Waals surface area contributed by atoms with E-state index in [4.69, 9.17) is 4.74 Å². The van der Waals surface area contributed by atoms with E-state index in [2.05, 4.69) is 6.92 Å². The van der Waals surface area contributed by atoms with E-state index in [9.17, 15) is 14.7 Å². The van der Waals surface area contributed by atoms with Gasteiger partial charge in [-0.05, 0) is 32.6 Å². The van der Waals surface area contributed by atoms with Gasteiger partial charge in [0.05, 0.1) is 12.2 Å². The maximum atomic E-state index is 12.7. The average molecular weight is 298 g/mol. The lowest BCUT2D eigenvalue weighted by Gasteiger charge is -2.42. The molecule has 0 bridgehead atoms. The highest BCUT2D eigenvalue weighted by molar-refractivity contribution is 5.83. The molecule has 0 radical (unpaired) electrons. The van der Waals surface area contributed by atoms with E-state index < -0.39 is 12.0 Å². The van der Waals surface area contributed by atoms with Crippen molar-refractivity contribution in [3.8, 4) is 0 Å². The number of carbonyl (C=O) groups excluding carboxylic acids is 1. The summed E-state index contributed by atoms with van der Waals surface area (Å²) >= 11 is 0. The second-order valence-electron chi connectivity index (χ2n) is 6.29. The number of carboxylic acid groups (broad SMARTS) is 1. The molecule has 6 nitrogen and oxygen atoms in total. The molecule has 2 fully saturated rings. The standard InChI is InChI=1S/C15H26N2O4/c1-4-12-5-6-17(13(7-12)14(18)19)15(20)16-8-10(2)21-11(3)9-16/h10-13H,4-9H2,1-3H3,(H,18,19). The van der Waals surface area contributed by atoms with Crippen molar-refractivity contribution in [1.29, 1.82) is 0 Å². The first-order valence-corrected chi connectivity index (χ1v) is 7.86. The van der Waals surface area contributed by atoms with Gasteiger partial charge in [-0.25, -0.2) is 9.59 Å². The van der Waals surface area contributed by atoms with Gasteiger partial charge >= 0.3 is 12.0 Å². The summed E-state index contributed by atoms with van der Waals surface area (Å²) in [6, 6.07) is -0.844. The molecule has 2 rings (SSSR count). The minimum atomic E-state index is -0.893. The number of carbonyl (C=O) groups is 2. The van der Waals surface area contributed by atoms with Crippen LogP contribution in [0, 0.1) is 5.92 Å². The first-order valence-electron chi connectivity index (χ1n) is 7.86. The van der Waals surface area contributed by atoms with Crippen LogP contribution in [0.2, 0.25) is 0 Å². The molecule has 2 saturated heterocycles. The van der Waals surface area contributed by atoms with Crippen molar-refractivity contribution in [1.82, 2.24) is 9.80 Å². The van der Waals surface area contributed by atoms with Crippen LogP contribution in [-0.4, -0.2) is 64.8 Å². The van der Waals surface area contributed by atoms with Gasteiger partial charge in [0.15, 0.2) is 0 Å². The maximum Gasteiger partial charge on any atom is 0.326 e. The Morgan fingerprint density at radius 3 is 2.38 bits per heavy atom. The maximum absolute atomic E-state index is 12.7. The van der Waals surface area contributed by atoms with Gasteiger partial charge in [0.2, 0.25) is 0 Å². The van der Waals surface area contributed by atoms with E-state index in [1.54, 1.807) is 9.80 Å². The van der Waals surface area contributed by atoms with Gasteiger partial charge < -0.3 is 19.6 Å². The Morgan fingerprint density at radius 2 is 1.86 bits per heavy atom. The number of hydrogen-bond donors (Lipinski definition) is 1. The lowest BCUT2D eigenvalue weighted by molar-refractivity contribution is -0.144. The van der Waals surface area contributed by atoms with Crippen molar-refractivity contribution in [2.45, 2.75) is 58.3 Å². The van der Waals surface area contributed by atoms with Crippen molar-refractivity contribution >= 4 is 12.0 Å². The molecule has 2 aliphatic heterocycles. The summed E-state index contributed by atoms with van der Waals surface area (Å²) in [5.74, 6) is -0.492. The van der Waals surface area contributed by atoms with Gasteiger partial charge in [-0.15, -0.1) is 0 Å². The minimum absolute atomic E-state index is 0.00541. The van der Waals surface area contributed by atoms with Crippen molar-refractivity contribution in [2.75, 3.05) is 19.6 Å². The molecule has 4 atom stereocenters. The number of likely N-dealkylation sites (tertiary alicyclic amines) is 1. The third-order valence-electron chi connectivity index (χ3n) is 4.51. The molecule has 0 aromatic carbocycles. The molecular weight excluding hydrogens is 272 g/mol. The van der Waals surface area contributed by atoms with E-state index in [1.165, 1.54) is 0 Å². The Morgan fingerprint density at radius 1 is 1.24 bits per heavy atom. The predicted octanol–water partition coefficient (Wildman–Crippen LogP) is 1.79. The van der Waals surface area contributed by atoms with E-state index in [-0.39, 0.29) is 18.2 Å². The average Bonchev–Trinajstić information content (AvgIpc) is 2.44. The van der Waals surface area contributed by atoms with Crippen LogP contribution in [0.15, 0.2) is 0 Å². The molecule has 0 aliphatic carbocycles. The van der Waals surface area contributed by atoms with Gasteiger partial charge in [0.25, 0.3) is 0 Å². The number of morpholine rings is 1. The highest BCUT2D eigenvalue weighted by atomic mass is 16.5. The van der Waals surface area contributed by atoms with E-state index in [0.29, 0.717) is 32.0 Å². The molecule has 0 aromatic heterocycles. The van der Waals surface area contributed by atoms with E-state index >= 15 is 0 Å². The predicted molar refractivity (Wildman–Crippen MR) is 78.1 cm³/mol. The largest absolute Gasteiger partial charge is 0.480 e. The van der Waals surface area contributed by atoms with Crippen LogP contribution in [-0.2, 0) is 9.53 Å².